The van der Waals surface area contributed by atoms with Crippen molar-refractivity contribution in [2.24, 2.45) is 4.99 Å². The zero-order valence-corrected chi connectivity index (χ0v) is 9.43. The summed E-state index contributed by atoms with van der Waals surface area (Å²) in [6.45, 7) is 3.98. The Labute approximate surface area is 89.9 Å². The van der Waals surface area contributed by atoms with Crippen molar-refractivity contribution in [3.05, 3.63) is 11.2 Å². The molecule has 0 bridgehead atoms. The fraction of sp³-hybridized carbons (Fsp3) is 0.375. The van der Waals surface area contributed by atoms with Crippen LogP contribution in [-0.2, 0) is 0 Å². The molecule has 0 unspecified atom stereocenters. The Hall–Kier alpha value is -0.750. The Morgan fingerprint density at radius 1 is 1.50 bits per heavy atom. The van der Waals surface area contributed by atoms with Crippen LogP contribution in [0.15, 0.2) is 15.3 Å². The molecule has 1 aromatic heterocycles. The van der Waals surface area contributed by atoms with E-state index in [0.717, 1.165) is 21.2 Å². The van der Waals surface area contributed by atoms with Gasteiger partial charge in [-0.2, -0.15) is 4.39 Å². The lowest BCUT2D eigenvalue weighted by Crippen LogP contribution is -2.29. The van der Waals surface area contributed by atoms with Crippen LogP contribution in [0.25, 0.3) is 0 Å². The van der Waals surface area contributed by atoms with E-state index in [1.54, 1.807) is 0 Å². The quantitative estimate of drug-likeness (QED) is 0.730. The molecule has 0 amide bonds. The molecule has 0 spiro atoms. The van der Waals surface area contributed by atoms with Crippen molar-refractivity contribution in [1.82, 2.24) is 4.72 Å². The van der Waals surface area contributed by atoms with E-state index in [-0.39, 0.29) is 11.2 Å². The van der Waals surface area contributed by atoms with Crippen LogP contribution in [0, 0.1) is 5.13 Å². The minimum atomic E-state index is -0.178. The summed E-state index contributed by atoms with van der Waals surface area (Å²) in [5.41, 5.74) is 0.802. The molecule has 0 saturated carbocycles. The largest absolute Gasteiger partial charge is 0.324 e. The molecule has 0 radical (unpaired) electrons. The fourth-order valence-electron chi connectivity index (χ4n) is 1.07. The molecule has 0 saturated heterocycles. The number of nitrogens with one attached hydrogen (secondary N) is 2. The van der Waals surface area contributed by atoms with Crippen LogP contribution in [0.3, 0.4) is 0 Å². The number of rotatable bonds is 1. The molecule has 0 fully saturated rings. The second kappa shape index (κ2) is 3.78. The minimum absolute atomic E-state index is 0.178. The van der Waals surface area contributed by atoms with Crippen LogP contribution in [0.2, 0.25) is 0 Å². The Morgan fingerprint density at radius 2 is 2.29 bits per heavy atom. The first-order valence-corrected chi connectivity index (χ1v) is 5.85. The molecule has 1 aromatic rings. The molecule has 2 heterocycles. The van der Waals surface area contributed by atoms with E-state index in [4.69, 9.17) is 0 Å². The first kappa shape index (κ1) is 9.79. The van der Waals surface area contributed by atoms with Crippen LogP contribution in [0.5, 0.6) is 0 Å². The summed E-state index contributed by atoms with van der Waals surface area (Å²) < 4.78 is 16.8. The number of nitrogens with zero attached hydrogens (tertiary/aromatic N) is 1. The Balaban J connectivity index is 2.21. The van der Waals surface area contributed by atoms with Crippen molar-refractivity contribution >= 4 is 34.9 Å². The molecule has 14 heavy (non-hydrogen) atoms. The monoisotopic (exact) mass is 231 g/mol. The summed E-state index contributed by atoms with van der Waals surface area (Å²) in [7, 11) is 0. The highest BCUT2D eigenvalue weighted by molar-refractivity contribution is 8.00. The number of hydrogen-bond acceptors (Lipinski definition) is 3. The van der Waals surface area contributed by atoms with Crippen LogP contribution in [-0.4, -0.2) is 12.0 Å². The topological polar surface area (TPSA) is 36.4 Å². The molecule has 2 N–H and O–H groups in total. The van der Waals surface area contributed by atoms with Crippen LogP contribution in [0.1, 0.15) is 13.8 Å². The Morgan fingerprint density at radius 3 is 3.00 bits per heavy atom. The van der Waals surface area contributed by atoms with Gasteiger partial charge < -0.3 is 5.32 Å². The van der Waals surface area contributed by atoms with Gasteiger partial charge in [0.1, 0.15) is 4.21 Å². The van der Waals surface area contributed by atoms with E-state index >= 15 is 0 Å². The first-order valence-electron chi connectivity index (χ1n) is 4.22. The van der Waals surface area contributed by atoms with E-state index in [2.05, 4.69) is 15.0 Å². The average Bonchev–Trinajstić information content (AvgIpc) is 2.42. The van der Waals surface area contributed by atoms with Gasteiger partial charge in [-0.05, 0) is 13.8 Å². The van der Waals surface area contributed by atoms with E-state index in [1.807, 2.05) is 13.8 Å². The Bertz CT molecular complexity index is 373. The van der Waals surface area contributed by atoms with Gasteiger partial charge in [0.25, 0.3) is 0 Å². The maximum Gasteiger partial charge on any atom is 0.206 e. The standard InChI is InChI=1S/C8H10FN3S2/c1-4(2)10-8-11-5-3-6(9)13-7(5)14-12-8/h3-4H,1-2H3,(H2,10,11,12). The SMILES string of the molecule is CC(C)N=C1NSc2sc(F)cc2N1. The summed E-state index contributed by atoms with van der Waals surface area (Å²) in [4.78, 5) is 4.30. The highest BCUT2D eigenvalue weighted by Gasteiger charge is 2.17. The van der Waals surface area contributed by atoms with Crippen molar-refractivity contribution in [3.63, 3.8) is 0 Å². The van der Waals surface area contributed by atoms with Crippen LogP contribution in [0.4, 0.5) is 10.1 Å². The Kier molecular flexibility index (Phi) is 2.64. The molecule has 3 nitrogen and oxygen atoms in total. The van der Waals surface area contributed by atoms with Gasteiger partial charge >= 0.3 is 0 Å². The number of hydrogen-bond donors (Lipinski definition) is 2. The number of guanidine groups is 1. The highest BCUT2D eigenvalue weighted by atomic mass is 32.2. The predicted octanol–water partition coefficient (Wildman–Crippen LogP) is 2.67. The molecular formula is C8H10FN3S2. The van der Waals surface area contributed by atoms with Gasteiger partial charge in [0, 0.05) is 24.1 Å². The van der Waals surface area contributed by atoms with E-state index < -0.39 is 0 Å². The number of halogens is 1. The average molecular weight is 231 g/mol. The third-order valence-electron chi connectivity index (χ3n) is 1.55. The van der Waals surface area contributed by atoms with Gasteiger partial charge in [0.2, 0.25) is 5.96 Å². The number of aliphatic imine (C=N–C) groups is 1. The third kappa shape index (κ3) is 2.01. The van der Waals surface area contributed by atoms with Gasteiger partial charge in [0.15, 0.2) is 5.13 Å². The molecule has 0 atom stereocenters. The molecule has 6 heteroatoms. The smallest absolute Gasteiger partial charge is 0.206 e. The maximum atomic E-state index is 12.9. The van der Waals surface area contributed by atoms with Crippen molar-refractivity contribution in [2.75, 3.05) is 5.32 Å². The molecule has 0 aromatic carbocycles. The van der Waals surface area contributed by atoms with Gasteiger partial charge in [-0.15, -0.1) is 0 Å². The van der Waals surface area contributed by atoms with E-state index in [9.17, 15) is 4.39 Å². The van der Waals surface area contributed by atoms with E-state index in [1.165, 1.54) is 18.0 Å². The van der Waals surface area contributed by atoms with Gasteiger partial charge in [-0.1, -0.05) is 11.3 Å². The van der Waals surface area contributed by atoms with Crippen molar-refractivity contribution in [3.8, 4) is 0 Å². The van der Waals surface area contributed by atoms with Crippen molar-refractivity contribution in [2.45, 2.75) is 24.1 Å². The number of fused-ring (bicyclic) bond motifs is 1. The molecular weight excluding hydrogens is 221 g/mol. The molecule has 2 rings (SSSR count). The maximum absolute atomic E-state index is 12.9. The third-order valence-corrected chi connectivity index (χ3v) is 3.47. The zero-order chi connectivity index (χ0) is 10.1. The lowest BCUT2D eigenvalue weighted by atomic mass is 10.4. The van der Waals surface area contributed by atoms with Gasteiger partial charge in [-0.3, -0.25) is 4.72 Å². The van der Waals surface area contributed by atoms with Crippen molar-refractivity contribution < 1.29 is 4.39 Å². The zero-order valence-electron chi connectivity index (χ0n) is 7.80. The second-order valence-electron chi connectivity index (χ2n) is 3.15. The number of thiophene rings is 1. The minimum Gasteiger partial charge on any atom is -0.324 e. The summed E-state index contributed by atoms with van der Waals surface area (Å²) in [5.74, 6) is 0.690. The summed E-state index contributed by atoms with van der Waals surface area (Å²) in [5, 5.41) is 2.86. The molecule has 0 aliphatic carbocycles. The van der Waals surface area contributed by atoms with Crippen molar-refractivity contribution in [1.29, 1.82) is 0 Å². The lowest BCUT2D eigenvalue weighted by Gasteiger charge is -2.17. The predicted molar refractivity (Wildman–Crippen MR) is 59.5 cm³/mol. The highest BCUT2D eigenvalue weighted by Crippen LogP contribution is 2.36. The van der Waals surface area contributed by atoms with Crippen LogP contribution < -0.4 is 10.0 Å². The molecule has 1 aliphatic rings. The number of anilines is 1. The molecule has 76 valence electrons. The summed E-state index contributed by atoms with van der Waals surface area (Å²) >= 11 is 2.52. The van der Waals surface area contributed by atoms with Crippen LogP contribution >= 0.6 is 23.3 Å². The molecule has 1 aliphatic heterocycles. The van der Waals surface area contributed by atoms with E-state index in [0.29, 0.717) is 5.96 Å². The fourth-order valence-corrected chi connectivity index (χ4v) is 2.69. The van der Waals surface area contributed by atoms with Gasteiger partial charge in [-0.25, -0.2) is 4.99 Å². The van der Waals surface area contributed by atoms with Gasteiger partial charge in [0.05, 0.1) is 5.69 Å². The second-order valence-corrected chi connectivity index (χ2v) is 5.23. The summed E-state index contributed by atoms with van der Waals surface area (Å²) in [6.07, 6.45) is 0. The summed E-state index contributed by atoms with van der Waals surface area (Å²) in [6, 6.07) is 1.71. The normalized spacial score (nSPS) is 17.9. The lowest BCUT2D eigenvalue weighted by molar-refractivity contribution is 0.657. The first-order chi connectivity index (χ1) is 6.65.